The maximum Gasteiger partial charge on any atom is 0.0131 e. The van der Waals surface area contributed by atoms with Gasteiger partial charge >= 0.3 is 0 Å². The lowest BCUT2D eigenvalue weighted by Gasteiger charge is -2.28. The summed E-state index contributed by atoms with van der Waals surface area (Å²) in [6, 6.07) is 0. The molecule has 0 aromatic carbocycles. The summed E-state index contributed by atoms with van der Waals surface area (Å²) < 4.78 is 0. The van der Waals surface area contributed by atoms with Crippen molar-refractivity contribution in [2.45, 2.75) is 46.0 Å². The first-order chi connectivity index (χ1) is 6.36. The molecule has 1 N–H and O–H groups in total. The summed E-state index contributed by atoms with van der Waals surface area (Å²) in [5.74, 6) is 0.863. The van der Waals surface area contributed by atoms with Crippen molar-refractivity contribution in [1.82, 2.24) is 10.4 Å². The number of hydrazine groups is 1. The summed E-state index contributed by atoms with van der Waals surface area (Å²) in [5, 5.41) is 2.40. The summed E-state index contributed by atoms with van der Waals surface area (Å²) in [7, 11) is 0. The van der Waals surface area contributed by atoms with Crippen molar-refractivity contribution in [3.63, 3.8) is 0 Å². The van der Waals surface area contributed by atoms with E-state index in [9.17, 15) is 0 Å². The van der Waals surface area contributed by atoms with Gasteiger partial charge in [0.05, 0.1) is 0 Å². The van der Waals surface area contributed by atoms with Crippen molar-refractivity contribution in [2.75, 3.05) is 19.6 Å². The van der Waals surface area contributed by atoms with E-state index in [1.54, 1.807) is 0 Å². The zero-order valence-corrected chi connectivity index (χ0v) is 9.18. The van der Waals surface area contributed by atoms with E-state index in [0.717, 1.165) is 5.92 Å². The van der Waals surface area contributed by atoms with Crippen LogP contribution >= 0.6 is 0 Å². The molecule has 0 saturated carbocycles. The van der Waals surface area contributed by atoms with Gasteiger partial charge in [0.2, 0.25) is 0 Å². The summed E-state index contributed by atoms with van der Waals surface area (Å²) in [5.41, 5.74) is 3.56. The molecule has 13 heavy (non-hydrogen) atoms. The average molecular weight is 184 g/mol. The van der Waals surface area contributed by atoms with E-state index in [-0.39, 0.29) is 0 Å². The van der Waals surface area contributed by atoms with Gasteiger partial charge in [-0.3, -0.25) is 5.43 Å². The Morgan fingerprint density at radius 2 is 1.69 bits per heavy atom. The van der Waals surface area contributed by atoms with Crippen molar-refractivity contribution in [2.24, 2.45) is 5.92 Å². The molecule has 1 saturated heterocycles. The van der Waals surface area contributed by atoms with Crippen LogP contribution in [0.4, 0.5) is 0 Å². The Balaban J connectivity index is 2.09. The van der Waals surface area contributed by atoms with E-state index in [4.69, 9.17) is 0 Å². The maximum atomic E-state index is 3.56. The largest absolute Gasteiger partial charge is 0.255 e. The summed E-state index contributed by atoms with van der Waals surface area (Å²) >= 11 is 0. The van der Waals surface area contributed by atoms with Gasteiger partial charge in [-0.2, -0.15) is 0 Å². The van der Waals surface area contributed by atoms with E-state index in [1.807, 2.05) is 0 Å². The molecule has 2 heteroatoms. The van der Waals surface area contributed by atoms with E-state index >= 15 is 0 Å². The predicted octanol–water partition coefficient (Wildman–Crippen LogP) is 2.41. The molecule has 0 atom stereocenters. The Hall–Kier alpha value is -0.0800. The Bertz CT molecular complexity index is 115. The summed E-state index contributed by atoms with van der Waals surface area (Å²) in [4.78, 5) is 0. The highest BCUT2D eigenvalue weighted by atomic mass is 15.5. The second-order valence-electron chi connectivity index (χ2n) is 4.09. The molecule has 0 amide bonds. The third-order valence-electron chi connectivity index (χ3n) is 3.11. The third kappa shape index (κ3) is 4.10. The molecule has 0 spiro atoms. The van der Waals surface area contributed by atoms with Crippen molar-refractivity contribution in [3.8, 4) is 0 Å². The molecular formula is C11H24N2. The smallest absolute Gasteiger partial charge is 0.0131 e. The highest BCUT2D eigenvalue weighted by molar-refractivity contribution is 4.63. The zero-order chi connectivity index (χ0) is 9.52. The van der Waals surface area contributed by atoms with Crippen molar-refractivity contribution in [1.29, 1.82) is 0 Å². The molecular weight excluding hydrogens is 160 g/mol. The van der Waals surface area contributed by atoms with Gasteiger partial charge in [0.25, 0.3) is 0 Å². The maximum absolute atomic E-state index is 3.56. The van der Waals surface area contributed by atoms with Crippen LogP contribution in [0.2, 0.25) is 0 Å². The summed E-state index contributed by atoms with van der Waals surface area (Å²) in [6.07, 6.45) is 6.77. The molecule has 1 aliphatic heterocycles. The lowest BCUT2D eigenvalue weighted by Crippen LogP contribution is -2.43. The van der Waals surface area contributed by atoms with Crippen LogP contribution in [-0.4, -0.2) is 24.6 Å². The van der Waals surface area contributed by atoms with Crippen LogP contribution in [0, 0.1) is 5.92 Å². The second-order valence-corrected chi connectivity index (χ2v) is 4.09. The fourth-order valence-corrected chi connectivity index (χ4v) is 1.89. The molecule has 0 radical (unpaired) electrons. The minimum absolute atomic E-state index is 0.863. The van der Waals surface area contributed by atoms with Gasteiger partial charge in [-0.25, -0.2) is 5.01 Å². The number of nitrogens with zero attached hydrogens (tertiary/aromatic N) is 1. The molecule has 1 aliphatic rings. The van der Waals surface area contributed by atoms with Crippen molar-refractivity contribution >= 4 is 0 Å². The quantitative estimate of drug-likeness (QED) is 0.706. The fraction of sp³-hybridized carbons (Fsp3) is 1.00. The molecule has 78 valence electrons. The predicted molar refractivity (Wildman–Crippen MR) is 57.5 cm³/mol. The van der Waals surface area contributed by atoms with Crippen LogP contribution in [0.1, 0.15) is 46.0 Å². The van der Waals surface area contributed by atoms with Gasteiger partial charge in [0, 0.05) is 19.6 Å². The SMILES string of the molecule is CCC(CC)CNN1CCCCC1. The average Bonchev–Trinajstić information content (AvgIpc) is 2.21. The molecule has 0 unspecified atom stereocenters. The van der Waals surface area contributed by atoms with E-state index in [2.05, 4.69) is 24.3 Å². The molecule has 0 aliphatic carbocycles. The van der Waals surface area contributed by atoms with Crippen LogP contribution in [0.3, 0.4) is 0 Å². The first-order valence-corrected chi connectivity index (χ1v) is 5.85. The van der Waals surface area contributed by atoms with Gasteiger partial charge in [0.15, 0.2) is 0 Å². The van der Waals surface area contributed by atoms with Crippen LogP contribution in [0.25, 0.3) is 0 Å². The first-order valence-electron chi connectivity index (χ1n) is 5.85. The van der Waals surface area contributed by atoms with Gasteiger partial charge in [-0.05, 0) is 18.8 Å². The Morgan fingerprint density at radius 1 is 1.08 bits per heavy atom. The second kappa shape index (κ2) is 6.39. The van der Waals surface area contributed by atoms with Crippen LogP contribution in [-0.2, 0) is 0 Å². The minimum Gasteiger partial charge on any atom is -0.255 e. The van der Waals surface area contributed by atoms with E-state index in [0.29, 0.717) is 0 Å². The number of nitrogens with one attached hydrogen (secondary N) is 1. The zero-order valence-electron chi connectivity index (χ0n) is 9.18. The Labute approximate surface area is 82.7 Å². The number of hydrogen-bond acceptors (Lipinski definition) is 2. The van der Waals surface area contributed by atoms with Crippen molar-refractivity contribution in [3.05, 3.63) is 0 Å². The van der Waals surface area contributed by atoms with Gasteiger partial charge in [-0.15, -0.1) is 0 Å². The van der Waals surface area contributed by atoms with Gasteiger partial charge in [-0.1, -0.05) is 33.1 Å². The van der Waals surface area contributed by atoms with Crippen molar-refractivity contribution < 1.29 is 0 Å². The summed E-state index contributed by atoms with van der Waals surface area (Å²) in [6.45, 7) is 8.24. The number of hydrogen-bond donors (Lipinski definition) is 1. The van der Waals surface area contributed by atoms with E-state index < -0.39 is 0 Å². The topological polar surface area (TPSA) is 15.3 Å². The normalized spacial score (nSPS) is 19.6. The fourth-order valence-electron chi connectivity index (χ4n) is 1.89. The number of rotatable bonds is 5. The highest BCUT2D eigenvalue weighted by Gasteiger charge is 2.10. The van der Waals surface area contributed by atoms with Crippen LogP contribution in [0.15, 0.2) is 0 Å². The lowest BCUT2D eigenvalue weighted by molar-refractivity contribution is 0.142. The first kappa shape index (κ1) is 11.0. The van der Waals surface area contributed by atoms with Crippen LogP contribution < -0.4 is 5.43 Å². The van der Waals surface area contributed by atoms with Crippen LogP contribution in [0.5, 0.6) is 0 Å². The highest BCUT2D eigenvalue weighted by Crippen LogP contribution is 2.08. The minimum atomic E-state index is 0.863. The van der Waals surface area contributed by atoms with Gasteiger partial charge in [0.1, 0.15) is 0 Å². The third-order valence-corrected chi connectivity index (χ3v) is 3.11. The molecule has 0 aromatic rings. The Morgan fingerprint density at radius 3 is 2.23 bits per heavy atom. The Kier molecular flexibility index (Phi) is 5.40. The monoisotopic (exact) mass is 184 g/mol. The molecule has 0 bridgehead atoms. The molecule has 2 nitrogen and oxygen atoms in total. The van der Waals surface area contributed by atoms with Gasteiger partial charge < -0.3 is 0 Å². The number of piperidine rings is 1. The lowest BCUT2D eigenvalue weighted by atomic mass is 10.0. The molecule has 1 rings (SSSR count). The molecule has 1 heterocycles. The standard InChI is InChI=1S/C11H24N2/c1-3-11(4-2)10-12-13-8-6-5-7-9-13/h11-12H,3-10H2,1-2H3. The van der Waals surface area contributed by atoms with E-state index in [1.165, 1.54) is 51.7 Å². The molecule has 1 fully saturated rings. The molecule has 0 aromatic heterocycles.